The van der Waals surface area contributed by atoms with Crippen molar-refractivity contribution in [3.05, 3.63) is 28.2 Å². The van der Waals surface area contributed by atoms with Gasteiger partial charge in [-0.1, -0.05) is 15.9 Å². The molecule has 94 valence electrons. The molecule has 18 heavy (non-hydrogen) atoms. The Morgan fingerprint density at radius 2 is 2.33 bits per heavy atom. The van der Waals surface area contributed by atoms with E-state index in [4.69, 9.17) is 5.26 Å². The van der Waals surface area contributed by atoms with Crippen molar-refractivity contribution >= 4 is 27.5 Å². The van der Waals surface area contributed by atoms with Crippen LogP contribution in [0.5, 0.6) is 0 Å². The molecule has 0 aliphatic carbocycles. The van der Waals surface area contributed by atoms with E-state index in [0.717, 1.165) is 29.5 Å². The first kappa shape index (κ1) is 12.9. The van der Waals surface area contributed by atoms with Gasteiger partial charge in [-0.25, -0.2) is 0 Å². The molecule has 1 aliphatic heterocycles. The van der Waals surface area contributed by atoms with Gasteiger partial charge < -0.3 is 10.6 Å². The summed E-state index contributed by atoms with van der Waals surface area (Å²) in [5, 5.41) is 15.2. The first-order chi connectivity index (χ1) is 8.69. The minimum absolute atomic E-state index is 0.0681. The van der Waals surface area contributed by atoms with Crippen LogP contribution < -0.4 is 10.6 Å². The van der Waals surface area contributed by atoms with Gasteiger partial charge in [-0.05, 0) is 31.0 Å². The van der Waals surface area contributed by atoms with Crippen molar-refractivity contribution in [2.45, 2.75) is 25.3 Å². The Kier molecular flexibility index (Phi) is 4.21. The van der Waals surface area contributed by atoms with Crippen molar-refractivity contribution in [1.82, 2.24) is 5.32 Å². The van der Waals surface area contributed by atoms with Gasteiger partial charge in [0.2, 0.25) is 5.91 Å². The lowest BCUT2D eigenvalue weighted by Crippen LogP contribution is -2.27. The lowest BCUT2D eigenvalue weighted by Gasteiger charge is -2.17. The summed E-state index contributed by atoms with van der Waals surface area (Å²) < 4.78 is 0.919. The van der Waals surface area contributed by atoms with Crippen LogP contribution >= 0.6 is 15.9 Å². The van der Waals surface area contributed by atoms with E-state index in [9.17, 15) is 4.79 Å². The van der Waals surface area contributed by atoms with Crippen molar-refractivity contribution in [2.24, 2.45) is 0 Å². The molecule has 1 aliphatic rings. The largest absolute Gasteiger partial charge is 0.381 e. The molecule has 1 atom stereocenters. The van der Waals surface area contributed by atoms with Crippen LogP contribution in [0.2, 0.25) is 0 Å². The van der Waals surface area contributed by atoms with E-state index in [2.05, 4.69) is 32.6 Å². The van der Waals surface area contributed by atoms with Gasteiger partial charge in [0, 0.05) is 23.5 Å². The van der Waals surface area contributed by atoms with Gasteiger partial charge in [0.05, 0.1) is 11.3 Å². The number of benzene rings is 1. The number of hydrogen-bond acceptors (Lipinski definition) is 3. The second-order valence-electron chi connectivity index (χ2n) is 4.34. The molecule has 1 fully saturated rings. The van der Waals surface area contributed by atoms with E-state index in [1.807, 2.05) is 12.1 Å². The van der Waals surface area contributed by atoms with Gasteiger partial charge in [0.25, 0.3) is 0 Å². The average Bonchev–Trinajstić information content (AvgIpc) is 2.54. The minimum atomic E-state index is 0.0681. The van der Waals surface area contributed by atoms with E-state index in [0.29, 0.717) is 12.0 Å². The maximum Gasteiger partial charge on any atom is 0.222 e. The Labute approximate surface area is 115 Å². The van der Waals surface area contributed by atoms with Crippen LogP contribution in [0.3, 0.4) is 0 Å². The molecule has 0 spiro atoms. The molecule has 4 nitrogen and oxygen atoms in total. The fourth-order valence-corrected chi connectivity index (χ4v) is 2.41. The minimum Gasteiger partial charge on any atom is -0.381 e. The third kappa shape index (κ3) is 3.23. The molecule has 1 unspecified atom stereocenters. The Bertz CT molecular complexity index is 495. The first-order valence-corrected chi connectivity index (χ1v) is 6.71. The number of carbonyl (C=O) groups excluding carboxylic acids is 1. The summed E-state index contributed by atoms with van der Waals surface area (Å²) in [5.74, 6) is 0.0681. The summed E-state index contributed by atoms with van der Waals surface area (Å²) in [6, 6.07) is 7.73. The zero-order chi connectivity index (χ0) is 13.0. The maximum absolute atomic E-state index is 11.5. The molecule has 1 aromatic carbocycles. The number of nitrogens with one attached hydrogen (secondary N) is 2. The number of nitrogens with zero attached hydrogens (tertiary/aromatic N) is 1. The molecule has 2 N–H and O–H groups in total. The lowest BCUT2D eigenvalue weighted by atomic mass is 10.1. The number of amides is 1. The zero-order valence-electron chi connectivity index (χ0n) is 9.87. The maximum atomic E-state index is 11.5. The van der Waals surface area contributed by atoms with E-state index in [1.54, 1.807) is 6.07 Å². The standard InChI is InChI=1S/C13H14BrN3O/c14-10-4-3-9(8-15)12(6-10)17-11-2-1-5-16-13(18)7-11/h3-4,6,11,17H,1-2,5,7H2,(H,16,18). The van der Waals surface area contributed by atoms with Gasteiger partial charge in [-0.3, -0.25) is 4.79 Å². The molecule has 1 heterocycles. The van der Waals surface area contributed by atoms with Crippen LogP contribution in [0, 0.1) is 11.3 Å². The molecule has 5 heteroatoms. The van der Waals surface area contributed by atoms with Crippen molar-refractivity contribution in [2.75, 3.05) is 11.9 Å². The Balaban J connectivity index is 2.15. The molecular weight excluding hydrogens is 294 g/mol. The summed E-state index contributed by atoms with van der Waals surface area (Å²) >= 11 is 3.39. The summed E-state index contributed by atoms with van der Waals surface area (Å²) in [6.45, 7) is 0.737. The molecular formula is C13H14BrN3O. The van der Waals surface area contributed by atoms with Gasteiger partial charge in [-0.2, -0.15) is 5.26 Å². The third-order valence-electron chi connectivity index (χ3n) is 2.95. The van der Waals surface area contributed by atoms with Crippen molar-refractivity contribution in [1.29, 1.82) is 5.26 Å². The highest BCUT2D eigenvalue weighted by atomic mass is 79.9. The smallest absolute Gasteiger partial charge is 0.222 e. The van der Waals surface area contributed by atoms with Crippen LogP contribution in [0.1, 0.15) is 24.8 Å². The van der Waals surface area contributed by atoms with E-state index in [-0.39, 0.29) is 11.9 Å². The number of carbonyl (C=O) groups is 1. The first-order valence-electron chi connectivity index (χ1n) is 5.92. The number of anilines is 1. The fourth-order valence-electron chi connectivity index (χ4n) is 2.05. The van der Waals surface area contributed by atoms with Gasteiger partial charge >= 0.3 is 0 Å². The monoisotopic (exact) mass is 307 g/mol. The lowest BCUT2D eigenvalue weighted by molar-refractivity contribution is -0.120. The van der Waals surface area contributed by atoms with Crippen LogP contribution in [-0.4, -0.2) is 18.5 Å². The van der Waals surface area contributed by atoms with E-state index < -0.39 is 0 Å². The molecule has 1 saturated heterocycles. The number of nitriles is 1. The number of hydrogen-bond donors (Lipinski definition) is 2. The molecule has 0 radical (unpaired) electrons. The normalized spacial score (nSPS) is 19.6. The second-order valence-corrected chi connectivity index (χ2v) is 5.25. The summed E-state index contributed by atoms with van der Waals surface area (Å²) in [7, 11) is 0. The quantitative estimate of drug-likeness (QED) is 0.882. The fraction of sp³-hybridized carbons (Fsp3) is 0.385. The Morgan fingerprint density at radius 3 is 3.11 bits per heavy atom. The van der Waals surface area contributed by atoms with Crippen LogP contribution in [0.4, 0.5) is 5.69 Å². The molecule has 2 rings (SSSR count). The third-order valence-corrected chi connectivity index (χ3v) is 3.44. The number of halogens is 1. The van der Waals surface area contributed by atoms with Crippen molar-refractivity contribution in [3.63, 3.8) is 0 Å². The molecule has 0 aromatic heterocycles. The van der Waals surface area contributed by atoms with Crippen LogP contribution in [-0.2, 0) is 4.79 Å². The highest BCUT2D eigenvalue weighted by Gasteiger charge is 2.18. The Morgan fingerprint density at radius 1 is 1.50 bits per heavy atom. The molecule has 1 amide bonds. The zero-order valence-corrected chi connectivity index (χ0v) is 11.5. The average molecular weight is 308 g/mol. The van der Waals surface area contributed by atoms with Crippen molar-refractivity contribution in [3.8, 4) is 6.07 Å². The molecule has 1 aromatic rings. The summed E-state index contributed by atoms with van der Waals surface area (Å²) in [5.41, 5.74) is 1.38. The topological polar surface area (TPSA) is 64.9 Å². The highest BCUT2D eigenvalue weighted by Crippen LogP contribution is 2.23. The molecule has 0 saturated carbocycles. The molecule has 0 bridgehead atoms. The highest BCUT2D eigenvalue weighted by molar-refractivity contribution is 9.10. The number of rotatable bonds is 2. The van der Waals surface area contributed by atoms with Crippen LogP contribution in [0.15, 0.2) is 22.7 Å². The van der Waals surface area contributed by atoms with Crippen LogP contribution in [0.25, 0.3) is 0 Å². The SMILES string of the molecule is N#Cc1ccc(Br)cc1NC1CCCNC(=O)C1. The predicted octanol–water partition coefficient (Wildman–Crippen LogP) is 2.40. The van der Waals surface area contributed by atoms with Gasteiger partial charge in [0.15, 0.2) is 0 Å². The van der Waals surface area contributed by atoms with E-state index in [1.165, 1.54) is 0 Å². The Hall–Kier alpha value is -1.54. The second kappa shape index (κ2) is 5.87. The van der Waals surface area contributed by atoms with Crippen molar-refractivity contribution < 1.29 is 4.79 Å². The van der Waals surface area contributed by atoms with Gasteiger partial charge in [0.1, 0.15) is 6.07 Å². The van der Waals surface area contributed by atoms with E-state index >= 15 is 0 Å². The summed E-state index contributed by atoms with van der Waals surface area (Å²) in [4.78, 5) is 11.5. The van der Waals surface area contributed by atoms with Gasteiger partial charge in [-0.15, -0.1) is 0 Å². The summed E-state index contributed by atoms with van der Waals surface area (Å²) in [6.07, 6.45) is 2.34. The predicted molar refractivity (Wildman–Crippen MR) is 73.1 cm³/mol.